The summed E-state index contributed by atoms with van der Waals surface area (Å²) >= 11 is 4.41. The highest BCUT2D eigenvalue weighted by atomic mass is 32.1. The molecule has 0 nitrogen and oxygen atoms in total. The molecule has 0 saturated carbocycles. The molecule has 11 heavy (non-hydrogen) atoms. The van der Waals surface area contributed by atoms with Gasteiger partial charge in [0.2, 0.25) is 0 Å². The van der Waals surface area contributed by atoms with Crippen molar-refractivity contribution in [3.63, 3.8) is 0 Å². The van der Waals surface area contributed by atoms with Gasteiger partial charge in [0.1, 0.15) is 0 Å². The average Bonchev–Trinajstić information content (AvgIpc) is 2.00. The number of thiol groups is 1. The topological polar surface area (TPSA) is 0 Å². The van der Waals surface area contributed by atoms with Gasteiger partial charge in [-0.15, -0.1) is 0 Å². The van der Waals surface area contributed by atoms with Crippen LogP contribution >= 0.6 is 12.6 Å². The van der Waals surface area contributed by atoms with Crippen LogP contribution in [0.5, 0.6) is 0 Å². The van der Waals surface area contributed by atoms with E-state index in [0.717, 1.165) is 11.7 Å². The van der Waals surface area contributed by atoms with Gasteiger partial charge >= 0.3 is 0 Å². The second-order valence-electron chi connectivity index (χ2n) is 4.07. The molecule has 1 atom stereocenters. The lowest BCUT2D eigenvalue weighted by atomic mass is 9.77. The first-order valence-electron chi connectivity index (χ1n) is 4.67. The highest BCUT2D eigenvalue weighted by Gasteiger charge is 2.25. The van der Waals surface area contributed by atoms with E-state index in [1.807, 2.05) is 0 Å². The molecule has 0 saturated heterocycles. The van der Waals surface area contributed by atoms with Crippen LogP contribution in [0.2, 0.25) is 0 Å². The smallest absolute Gasteiger partial charge is 0.00414 e. The molecule has 0 aliphatic heterocycles. The van der Waals surface area contributed by atoms with E-state index in [1.165, 1.54) is 19.3 Å². The van der Waals surface area contributed by atoms with Crippen molar-refractivity contribution in [2.45, 2.75) is 47.0 Å². The maximum absolute atomic E-state index is 4.41. The minimum atomic E-state index is 0.457. The number of unbranched alkanes of at least 4 members (excludes halogenated alkanes) is 1. The first-order chi connectivity index (χ1) is 5.06. The van der Waals surface area contributed by atoms with Crippen molar-refractivity contribution < 1.29 is 0 Å². The van der Waals surface area contributed by atoms with E-state index < -0.39 is 0 Å². The van der Waals surface area contributed by atoms with E-state index in [4.69, 9.17) is 0 Å². The lowest BCUT2D eigenvalue weighted by Gasteiger charge is -2.32. The predicted octanol–water partition coefficient (Wildman–Crippen LogP) is 3.77. The SMILES string of the molecule is CCCCC(C)(CS)C(C)C. The Hall–Kier alpha value is 0.350. The third-order valence-corrected chi connectivity index (χ3v) is 3.58. The van der Waals surface area contributed by atoms with Gasteiger partial charge in [0.25, 0.3) is 0 Å². The van der Waals surface area contributed by atoms with Gasteiger partial charge in [-0.25, -0.2) is 0 Å². The largest absolute Gasteiger partial charge is 0.179 e. The fraction of sp³-hybridized carbons (Fsp3) is 1.00. The lowest BCUT2D eigenvalue weighted by molar-refractivity contribution is 0.231. The molecule has 0 heterocycles. The number of hydrogen-bond donors (Lipinski definition) is 1. The molecule has 0 aromatic carbocycles. The Kier molecular flexibility index (Phi) is 5.24. The van der Waals surface area contributed by atoms with Crippen LogP contribution in [-0.2, 0) is 0 Å². The van der Waals surface area contributed by atoms with Crippen molar-refractivity contribution in [3.8, 4) is 0 Å². The van der Waals surface area contributed by atoms with Crippen molar-refractivity contribution in [1.29, 1.82) is 0 Å². The Morgan fingerprint density at radius 3 is 2.18 bits per heavy atom. The minimum absolute atomic E-state index is 0.457. The molecule has 0 fully saturated rings. The number of rotatable bonds is 5. The normalized spacial score (nSPS) is 16.9. The molecule has 0 amide bonds. The Bertz CT molecular complexity index is 99.0. The van der Waals surface area contributed by atoms with Gasteiger partial charge in [0, 0.05) is 0 Å². The molecule has 0 N–H and O–H groups in total. The van der Waals surface area contributed by atoms with E-state index in [1.54, 1.807) is 0 Å². The summed E-state index contributed by atoms with van der Waals surface area (Å²) < 4.78 is 0. The summed E-state index contributed by atoms with van der Waals surface area (Å²) in [6.45, 7) is 9.19. The summed E-state index contributed by atoms with van der Waals surface area (Å²) in [5.74, 6) is 1.77. The van der Waals surface area contributed by atoms with Crippen LogP contribution in [0.25, 0.3) is 0 Å². The van der Waals surface area contributed by atoms with Crippen molar-refractivity contribution in [2.75, 3.05) is 5.75 Å². The van der Waals surface area contributed by atoms with Gasteiger partial charge in [-0.3, -0.25) is 0 Å². The average molecular weight is 174 g/mol. The Morgan fingerprint density at radius 1 is 1.36 bits per heavy atom. The van der Waals surface area contributed by atoms with Crippen LogP contribution < -0.4 is 0 Å². The molecule has 0 rings (SSSR count). The van der Waals surface area contributed by atoms with Crippen molar-refractivity contribution in [2.24, 2.45) is 11.3 Å². The molecule has 1 unspecified atom stereocenters. The van der Waals surface area contributed by atoms with Gasteiger partial charge in [-0.2, -0.15) is 12.6 Å². The summed E-state index contributed by atoms with van der Waals surface area (Å²) in [5.41, 5.74) is 0.457. The molecule has 0 aromatic rings. The fourth-order valence-corrected chi connectivity index (χ4v) is 1.65. The molecule has 0 aliphatic rings. The Labute approximate surface area is 77.2 Å². The third kappa shape index (κ3) is 3.50. The van der Waals surface area contributed by atoms with E-state index >= 15 is 0 Å². The quantitative estimate of drug-likeness (QED) is 0.603. The maximum atomic E-state index is 4.41. The van der Waals surface area contributed by atoms with Gasteiger partial charge in [-0.1, -0.05) is 40.5 Å². The third-order valence-electron chi connectivity index (χ3n) is 2.86. The summed E-state index contributed by atoms with van der Waals surface area (Å²) in [4.78, 5) is 0. The molecular weight excluding hydrogens is 152 g/mol. The Balaban J connectivity index is 3.88. The fourth-order valence-electron chi connectivity index (χ4n) is 1.13. The van der Waals surface area contributed by atoms with E-state index in [-0.39, 0.29) is 0 Å². The molecular formula is C10H22S. The van der Waals surface area contributed by atoms with Gasteiger partial charge in [0.05, 0.1) is 0 Å². The monoisotopic (exact) mass is 174 g/mol. The maximum Gasteiger partial charge on any atom is -0.00414 e. The van der Waals surface area contributed by atoms with Gasteiger partial charge in [-0.05, 0) is 23.5 Å². The Morgan fingerprint density at radius 2 is 1.91 bits per heavy atom. The molecule has 0 aliphatic carbocycles. The van der Waals surface area contributed by atoms with Crippen molar-refractivity contribution >= 4 is 12.6 Å². The molecule has 68 valence electrons. The summed E-state index contributed by atoms with van der Waals surface area (Å²) in [6, 6.07) is 0. The van der Waals surface area contributed by atoms with E-state index in [2.05, 4.69) is 40.3 Å². The molecule has 0 bridgehead atoms. The van der Waals surface area contributed by atoms with E-state index in [9.17, 15) is 0 Å². The summed E-state index contributed by atoms with van der Waals surface area (Å²) in [6.07, 6.45) is 3.97. The predicted molar refractivity (Wildman–Crippen MR) is 56.3 cm³/mol. The van der Waals surface area contributed by atoms with Crippen molar-refractivity contribution in [1.82, 2.24) is 0 Å². The van der Waals surface area contributed by atoms with Crippen LogP contribution in [-0.4, -0.2) is 5.75 Å². The molecule has 0 aromatic heterocycles. The summed E-state index contributed by atoms with van der Waals surface area (Å²) in [5, 5.41) is 0. The molecule has 1 heteroatoms. The van der Waals surface area contributed by atoms with Crippen molar-refractivity contribution in [3.05, 3.63) is 0 Å². The van der Waals surface area contributed by atoms with Crippen LogP contribution in [0.3, 0.4) is 0 Å². The summed E-state index contributed by atoms with van der Waals surface area (Å²) in [7, 11) is 0. The van der Waals surface area contributed by atoms with Gasteiger partial charge in [0.15, 0.2) is 0 Å². The minimum Gasteiger partial charge on any atom is -0.179 e. The van der Waals surface area contributed by atoms with Crippen LogP contribution in [0.4, 0.5) is 0 Å². The van der Waals surface area contributed by atoms with E-state index in [0.29, 0.717) is 5.41 Å². The first kappa shape index (κ1) is 11.4. The zero-order valence-corrected chi connectivity index (χ0v) is 9.25. The second-order valence-corrected chi connectivity index (χ2v) is 4.39. The lowest BCUT2D eigenvalue weighted by Crippen LogP contribution is -2.25. The second kappa shape index (κ2) is 5.08. The zero-order chi connectivity index (χ0) is 8.91. The van der Waals surface area contributed by atoms with Crippen LogP contribution in [0.1, 0.15) is 47.0 Å². The first-order valence-corrected chi connectivity index (χ1v) is 5.31. The number of hydrogen-bond acceptors (Lipinski definition) is 1. The van der Waals surface area contributed by atoms with Crippen LogP contribution in [0, 0.1) is 11.3 Å². The zero-order valence-electron chi connectivity index (χ0n) is 8.35. The highest BCUT2D eigenvalue weighted by molar-refractivity contribution is 7.80. The standard InChI is InChI=1S/C10H22S/c1-5-6-7-10(4,8-11)9(2)3/h9,11H,5-8H2,1-4H3. The molecule has 0 spiro atoms. The highest BCUT2D eigenvalue weighted by Crippen LogP contribution is 2.33. The van der Waals surface area contributed by atoms with Crippen LogP contribution in [0.15, 0.2) is 0 Å². The van der Waals surface area contributed by atoms with Gasteiger partial charge < -0.3 is 0 Å². The molecule has 0 radical (unpaired) electrons.